The van der Waals surface area contributed by atoms with E-state index in [1.165, 1.54) is 0 Å². The average molecular weight is 665 g/mol. The normalized spacial score (nSPS) is 15.7. The van der Waals surface area contributed by atoms with Crippen molar-refractivity contribution in [3.63, 3.8) is 0 Å². The lowest BCUT2D eigenvalue weighted by Crippen LogP contribution is -2.36. The summed E-state index contributed by atoms with van der Waals surface area (Å²) in [6, 6.07) is 22.9. The zero-order valence-electron chi connectivity index (χ0n) is 27.9. The van der Waals surface area contributed by atoms with Gasteiger partial charge in [0.1, 0.15) is 5.75 Å². The number of ether oxygens (including phenoxy) is 3. The third-order valence-electron chi connectivity index (χ3n) is 8.27. The number of hydrogen-bond acceptors (Lipinski definition) is 7. The first kappa shape index (κ1) is 35.3. The first-order valence-corrected chi connectivity index (χ1v) is 17.6. The Hall–Kier alpha value is -4.02. The van der Waals surface area contributed by atoms with Crippen LogP contribution in [0.3, 0.4) is 0 Å². The van der Waals surface area contributed by atoms with Crippen molar-refractivity contribution in [1.82, 2.24) is 9.80 Å². The number of carbonyl (C=O) groups is 1. The Kier molecular flexibility index (Phi) is 13.6. The monoisotopic (exact) mass is 664 g/mol. The summed E-state index contributed by atoms with van der Waals surface area (Å²) < 4.78 is 16.6. The maximum absolute atomic E-state index is 11.4. The van der Waals surface area contributed by atoms with Crippen LogP contribution in [-0.4, -0.2) is 98.4 Å². The Labute approximate surface area is 289 Å². The van der Waals surface area contributed by atoms with Gasteiger partial charge in [-0.3, -0.25) is 9.80 Å². The predicted octanol–water partition coefficient (Wildman–Crippen LogP) is 5.83. The number of carboxylic acids is 1. The molecule has 0 radical (unpaired) electrons. The van der Waals surface area contributed by atoms with E-state index in [9.17, 15) is 9.90 Å². The molecule has 5 rings (SSSR count). The van der Waals surface area contributed by atoms with E-state index in [1.54, 1.807) is 11.8 Å². The van der Waals surface area contributed by atoms with Gasteiger partial charge in [0.15, 0.2) is 6.10 Å². The van der Waals surface area contributed by atoms with E-state index in [0.29, 0.717) is 12.2 Å². The zero-order valence-corrected chi connectivity index (χ0v) is 28.7. The molecular formula is C40H44N2O5S. The molecule has 0 saturated carbocycles. The molecule has 0 aromatic heterocycles. The second kappa shape index (κ2) is 18.5. The molecule has 2 aliphatic heterocycles. The summed E-state index contributed by atoms with van der Waals surface area (Å²) in [4.78, 5) is 17.2. The SMILES string of the molecule is CCC(Oc1ccc(SCC=C(c2ccc(C#CCN3CCOCC3)cc2)c2ccc(C#CCN3CCOCC3)cc2)cc1C)C(=O)O. The molecule has 1 N–H and O–H groups in total. The van der Waals surface area contributed by atoms with Gasteiger partial charge in [-0.1, -0.05) is 60.9 Å². The van der Waals surface area contributed by atoms with Crippen LogP contribution in [-0.2, 0) is 14.3 Å². The molecule has 0 aliphatic carbocycles. The molecule has 2 aliphatic rings. The number of aryl methyl sites for hydroxylation is 1. The van der Waals surface area contributed by atoms with Gasteiger partial charge in [0.25, 0.3) is 0 Å². The highest BCUT2D eigenvalue weighted by molar-refractivity contribution is 7.99. The predicted molar refractivity (Wildman–Crippen MR) is 192 cm³/mol. The molecule has 2 heterocycles. The van der Waals surface area contributed by atoms with E-state index >= 15 is 0 Å². The highest BCUT2D eigenvalue weighted by Gasteiger charge is 2.18. The number of carboxylic acid groups (broad SMARTS) is 1. The van der Waals surface area contributed by atoms with Crippen molar-refractivity contribution in [3.05, 3.63) is 101 Å². The fraction of sp³-hybridized carbons (Fsp3) is 0.375. The van der Waals surface area contributed by atoms with Crippen LogP contribution in [0.25, 0.3) is 5.57 Å². The van der Waals surface area contributed by atoms with Gasteiger partial charge in [0.2, 0.25) is 0 Å². The van der Waals surface area contributed by atoms with E-state index in [4.69, 9.17) is 14.2 Å². The van der Waals surface area contributed by atoms with Crippen LogP contribution < -0.4 is 4.74 Å². The number of aliphatic carboxylic acids is 1. The number of morpholine rings is 2. The van der Waals surface area contributed by atoms with Crippen molar-refractivity contribution < 1.29 is 24.1 Å². The van der Waals surface area contributed by atoms with E-state index < -0.39 is 12.1 Å². The van der Waals surface area contributed by atoms with Gasteiger partial charge in [0.05, 0.1) is 39.5 Å². The van der Waals surface area contributed by atoms with E-state index in [1.807, 2.05) is 26.0 Å². The summed E-state index contributed by atoms with van der Waals surface area (Å²) >= 11 is 1.73. The van der Waals surface area contributed by atoms with E-state index in [-0.39, 0.29) is 0 Å². The van der Waals surface area contributed by atoms with Crippen LogP contribution in [0.5, 0.6) is 5.75 Å². The molecule has 8 heteroatoms. The Morgan fingerprint density at radius 2 is 1.38 bits per heavy atom. The topological polar surface area (TPSA) is 71.5 Å². The molecule has 2 fully saturated rings. The zero-order chi connectivity index (χ0) is 33.6. The second-order valence-electron chi connectivity index (χ2n) is 11.7. The third-order valence-corrected chi connectivity index (χ3v) is 9.19. The molecule has 0 bridgehead atoms. The van der Waals surface area contributed by atoms with Crippen molar-refractivity contribution in [2.45, 2.75) is 31.3 Å². The average Bonchev–Trinajstić information content (AvgIpc) is 3.11. The summed E-state index contributed by atoms with van der Waals surface area (Å²) in [6.07, 6.45) is 1.82. The number of rotatable bonds is 11. The number of hydrogen-bond donors (Lipinski definition) is 1. The number of nitrogens with zero attached hydrogens (tertiary/aromatic N) is 2. The van der Waals surface area contributed by atoms with Crippen LogP contribution in [0, 0.1) is 30.6 Å². The van der Waals surface area contributed by atoms with Gasteiger partial charge in [0, 0.05) is 48.0 Å². The van der Waals surface area contributed by atoms with Crippen molar-refractivity contribution in [3.8, 4) is 29.4 Å². The van der Waals surface area contributed by atoms with Gasteiger partial charge >= 0.3 is 5.97 Å². The lowest BCUT2D eigenvalue weighted by Gasteiger charge is -2.24. The standard InChI is InChI=1S/C40H44N2O5S/c1-3-38(40(43)44)47-39-17-16-36(30-31(39)2)48-29-18-37(34-12-8-32(9-13-34)6-4-19-41-21-25-45-26-22-41)35-14-10-33(11-15-35)7-5-20-42-23-27-46-28-24-42/h8-18,30,38H,3,19-29H2,1-2H3,(H,43,44). The summed E-state index contributed by atoms with van der Waals surface area (Å²) in [5.74, 6) is 13.7. The fourth-order valence-corrected chi connectivity index (χ4v) is 6.29. The summed E-state index contributed by atoms with van der Waals surface area (Å²) in [5.41, 5.74) is 6.31. The molecule has 2 saturated heterocycles. The van der Waals surface area contributed by atoms with Crippen LogP contribution in [0.1, 0.15) is 41.2 Å². The quantitative estimate of drug-likeness (QED) is 0.203. The lowest BCUT2D eigenvalue weighted by molar-refractivity contribution is -0.145. The second-order valence-corrected chi connectivity index (χ2v) is 12.8. The molecule has 3 aromatic rings. The molecule has 3 aromatic carbocycles. The summed E-state index contributed by atoms with van der Waals surface area (Å²) in [5, 5.41) is 9.38. The molecule has 0 amide bonds. The van der Waals surface area contributed by atoms with Crippen molar-refractivity contribution in [2.24, 2.45) is 0 Å². The fourth-order valence-electron chi connectivity index (χ4n) is 5.42. The van der Waals surface area contributed by atoms with Crippen molar-refractivity contribution in [2.75, 3.05) is 71.4 Å². The molecule has 7 nitrogen and oxygen atoms in total. The number of thioether (sulfide) groups is 1. The maximum atomic E-state index is 11.4. The highest BCUT2D eigenvalue weighted by Crippen LogP contribution is 2.29. The minimum atomic E-state index is -0.950. The molecule has 1 atom stereocenters. The molecule has 0 spiro atoms. The summed E-state index contributed by atoms with van der Waals surface area (Å²) in [7, 11) is 0. The maximum Gasteiger partial charge on any atom is 0.344 e. The van der Waals surface area contributed by atoms with Gasteiger partial charge in [-0.15, -0.1) is 11.8 Å². The molecule has 48 heavy (non-hydrogen) atoms. The Balaban J connectivity index is 1.30. The van der Waals surface area contributed by atoms with Crippen molar-refractivity contribution >= 4 is 23.3 Å². The van der Waals surface area contributed by atoms with Crippen molar-refractivity contribution in [1.29, 1.82) is 0 Å². The van der Waals surface area contributed by atoms with Gasteiger partial charge in [-0.25, -0.2) is 4.79 Å². The highest BCUT2D eigenvalue weighted by atomic mass is 32.2. The summed E-state index contributed by atoms with van der Waals surface area (Å²) in [6.45, 7) is 12.1. The van der Waals surface area contributed by atoms with Crippen LogP contribution in [0.2, 0.25) is 0 Å². The van der Waals surface area contributed by atoms with Gasteiger partial charge in [-0.2, -0.15) is 0 Å². The Morgan fingerprint density at radius 3 is 1.83 bits per heavy atom. The third kappa shape index (κ3) is 10.8. The van der Waals surface area contributed by atoms with Crippen LogP contribution in [0.15, 0.2) is 77.7 Å². The molecular weight excluding hydrogens is 621 g/mol. The minimum absolute atomic E-state index is 0.406. The first-order valence-electron chi connectivity index (χ1n) is 16.6. The largest absolute Gasteiger partial charge is 0.479 e. The van der Waals surface area contributed by atoms with E-state index in [0.717, 1.165) is 110 Å². The lowest BCUT2D eigenvalue weighted by atomic mass is 9.96. The van der Waals surface area contributed by atoms with Crippen LogP contribution >= 0.6 is 11.8 Å². The molecule has 1 unspecified atom stereocenters. The van der Waals surface area contributed by atoms with E-state index in [2.05, 4.69) is 94.2 Å². The first-order chi connectivity index (χ1) is 23.5. The van der Waals surface area contributed by atoms with Gasteiger partial charge in [-0.05, 0) is 78.1 Å². The molecule has 250 valence electrons. The smallest absolute Gasteiger partial charge is 0.344 e. The Morgan fingerprint density at radius 1 is 0.854 bits per heavy atom. The Bertz CT molecular complexity index is 1570. The minimum Gasteiger partial charge on any atom is -0.479 e. The van der Waals surface area contributed by atoms with Crippen LogP contribution in [0.4, 0.5) is 0 Å². The number of benzene rings is 3. The van der Waals surface area contributed by atoms with Gasteiger partial charge < -0.3 is 19.3 Å².